The number of nitrogens with zero attached hydrogens (tertiary/aromatic N) is 3. The summed E-state index contributed by atoms with van der Waals surface area (Å²) < 4.78 is 8.01. The number of carbonyl (C=O) groups is 1. The highest BCUT2D eigenvalue weighted by Gasteiger charge is 2.31. The van der Waals surface area contributed by atoms with E-state index < -0.39 is 0 Å². The van der Waals surface area contributed by atoms with Crippen LogP contribution in [0.1, 0.15) is 50.0 Å². The van der Waals surface area contributed by atoms with Gasteiger partial charge in [-0.2, -0.15) is 0 Å². The molecule has 6 nitrogen and oxygen atoms in total. The molecule has 1 N–H and O–H groups in total. The van der Waals surface area contributed by atoms with Gasteiger partial charge >= 0.3 is 6.03 Å². The minimum atomic E-state index is -0.0402. The van der Waals surface area contributed by atoms with E-state index in [0.29, 0.717) is 18.4 Å². The lowest BCUT2D eigenvalue weighted by atomic mass is 9.98. The number of hydrogen-bond acceptors (Lipinski definition) is 3. The number of piperidine rings is 1. The Labute approximate surface area is 166 Å². The van der Waals surface area contributed by atoms with Crippen molar-refractivity contribution in [1.82, 2.24) is 14.5 Å². The highest BCUT2D eigenvalue weighted by atomic mass is 16.5. The van der Waals surface area contributed by atoms with Gasteiger partial charge in [-0.05, 0) is 57.6 Å². The summed E-state index contributed by atoms with van der Waals surface area (Å²) in [6.07, 6.45) is 6.70. The molecule has 2 aliphatic rings. The van der Waals surface area contributed by atoms with Crippen molar-refractivity contribution in [2.45, 2.75) is 52.0 Å². The smallest absolute Gasteiger partial charge is 0.321 e. The molecule has 0 radical (unpaired) electrons. The van der Waals surface area contributed by atoms with Gasteiger partial charge in [-0.1, -0.05) is 12.1 Å². The van der Waals surface area contributed by atoms with Gasteiger partial charge in [-0.3, -0.25) is 0 Å². The summed E-state index contributed by atoms with van der Waals surface area (Å²) in [4.78, 5) is 19.4. The van der Waals surface area contributed by atoms with E-state index in [0.717, 1.165) is 43.9 Å². The molecular formula is C22H30N4O2. The molecule has 1 aliphatic heterocycles. The Balaban J connectivity index is 1.40. The third-order valence-corrected chi connectivity index (χ3v) is 5.70. The molecule has 1 unspecified atom stereocenters. The minimum Gasteiger partial charge on any atom is -0.492 e. The average Bonchev–Trinajstić information content (AvgIpc) is 3.48. The van der Waals surface area contributed by atoms with E-state index in [-0.39, 0.29) is 6.03 Å². The van der Waals surface area contributed by atoms with E-state index >= 15 is 0 Å². The van der Waals surface area contributed by atoms with Crippen LogP contribution in [0.2, 0.25) is 0 Å². The summed E-state index contributed by atoms with van der Waals surface area (Å²) in [7, 11) is 0. The zero-order valence-corrected chi connectivity index (χ0v) is 16.9. The zero-order valence-electron chi connectivity index (χ0n) is 16.9. The van der Waals surface area contributed by atoms with Crippen molar-refractivity contribution in [2.24, 2.45) is 5.92 Å². The van der Waals surface area contributed by atoms with E-state index in [4.69, 9.17) is 4.74 Å². The summed E-state index contributed by atoms with van der Waals surface area (Å²) >= 11 is 0. The second-order valence-electron chi connectivity index (χ2n) is 7.96. The Kier molecular flexibility index (Phi) is 5.55. The topological polar surface area (TPSA) is 59.4 Å². The number of nitrogens with one attached hydrogen (secondary N) is 1. The molecule has 28 heavy (non-hydrogen) atoms. The van der Waals surface area contributed by atoms with Crippen LogP contribution in [-0.4, -0.2) is 40.2 Å². The second kappa shape index (κ2) is 8.25. The Morgan fingerprint density at radius 1 is 1.29 bits per heavy atom. The van der Waals surface area contributed by atoms with Crippen LogP contribution in [0.4, 0.5) is 10.5 Å². The number of benzene rings is 1. The summed E-state index contributed by atoms with van der Waals surface area (Å²) in [5.74, 6) is 3.07. The van der Waals surface area contributed by atoms with Gasteiger partial charge in [0, 0.05) is 37.4 Å². The van der Waals surface area contributed by atoms with Crippen LogP contribution in [0.3, 0.4) is 0 Å². The van der Waals surface area contributed by atoms with Crippen molar-refractivity contribution < 1.29 is 9.53 Å². The lowest BCUT2D eigenvalue weighted by molar-refractivity contribution is 0.169. The van der Waals surface area contributed by atoms with Gasteiger partial charge in [-0.25, -0.2) is 9.78 Å². The number of likely N-dealkylation sites (tertiary alicyclic amines) is 1. The fourth-order valence-electron chi connectivity index (χ4n) is 4.09. The van der Waals surface area contributed by atoms with Crippen molar-refractivity contribution >= 4 is 11.7 Å². The number of carbonyl (C=O) groups excluding carboxylic acids is 1. The number of amides is 2. The van der Waals surface area contributed by atoms with Crippen molar-refractivity contribution in [3.63, 3.8) is 0 Å². The first kappa shape index (κ1) is 18.8. The number of aryl methyl sites for hydroxylation is 1. The molecule has 1 aliphatic carbocycles. The van der Waals surface area contributed by atoms with Crippen LogP contribution in [0.15, 0.2) is 30.5 Å². The Bertz CT molecular complexity index is 828. The maximum atomic E-state index is 12.9. The van der Waals surface area contributed by atoms with E-state index in [1.54, 1.807) is 0 Å². The van der Waals surface area contributed by atoms with Crippen molar-refractivity contribution in [2.75, 3.05) is 25.0 Å². The van der Waals surface area contributed by atoms with Gasteiger partial charge in [0.05, 0.1) is 12.3 Å². The van der Waals surface area contributed by atoms with E-state index in [2.05, 4.69) is 21.8 Å². The monoisotopic (exact) mass is 382 g/mol. The van der Waals surface area contributed by atoms with Crippen LogP contribution in [0.25, 0.3) is 0 Å². The molecule has 2 aromatic rings. The quantitative estimate of drug-likeness (QED) is 0.805. The number of anilines is 1. The molecule has 1 saturated heterocycles. The van der Waals surface area contributed by atoms with Gasteiger partial charge in [0.25, 0.3) is 0 Å². The number of hydrogen-bond donors (Lipinski definition) is 1. The third-order valence-electron chi connectivity index (χ3n) is 5.70. The Morgan fingerprint density at radius 3 is 2.89 bits per heavy atom. The van der Waals surface area contributed by atoms with Gasteiger partial charge in [0.15, 0.2) is 0 Å². The summed E-state index contributed by atoms with van der Waals surface area (Å²) in [6, 6.07) is 7.57. The van der Waals surface area contributed by atoms with Crippen LogP contribution < -0.4 is 10.1 Å². The maximum absolute atomic E-state index is 12.9. The largest absolute Gasteiger partial charge is 0.492 e. The number of imidazole rings is 1. The molecule has 4 rings (SSSR count). The molecule has 1 aromatic heterocycles. The van der Waals surface area contributed by atoms with Crippen molar-refractivity contribution in [3.8, 4) is 5.75 Å². The van der Waals surface area contributed by atoms with E-state index in [1.165, 1.54) is 24.4 Å². The van der Waals surface area contributed by atoms with E-state index in [1.807, 2.05) is 42.3 Å². The number of para-hydroxylation sites is 2. The number of aromatic nitrogens is 2. The molecule has 150 valence electrons. The highest BCUT2D eigenvalue weighted by molar-refractivity contribution is 5.91. The van der Waals surface area contributed by atoms with Gasteiger partial charge in [0.1, 0.15) is 11.6 Å². The average molecular weight is 383 g/mol. The highest BCUT2D eigenvalue weighted by Crippen LogP contribution is 2.40. The summed E-state index contributed by atoms with van der Waals surface area (Å²) in [5.41, 5.74) is 1.96. The summed E-state index contributed by atoms with van der Waals surface area (Å²) in [6.45, 7) is 7.20. The van der Waals surface area contributed by atoms with E-state index in [9.17, 15) is 4.79 Å². The molecule has 1 saturated carbocycles. The molecule has 2 fully saturated rings. The van der Waals surface area contributed by atoms with Crippen LogP contribution in [-0.2, 0) is 6.54 Å². The lowest BCUT2D eigenvalue weighted by Crippen LogP contribution is -2.43. The number of ether oxygens (including phenoxy) is 1. The molecular weight excluding hydrogens is 352 g/mol. The fraction of sp³-hybridized carbons (Fsp3) is 0.545. The minimum absolute atomic E-state index is 0.0402. The predicted molar refractivity (Wildman–Crippen MR) is 110 cm³/mol. The molecule has 1 aromatic carbocycles. The SMILES string of the molecule is CCOc1ccccc1NC(=O)N1CCCC(Cn2c(C)cnc2C2CC2)C1. The second-order valence-corrected chi connectivity index (χ2v) is 7.96. The molecule has 6 heteroatoms. The van der Waals surface area contributed by atoms with Gasteiger partial charge in [-0.15, -0.1) is 0 Å². The first-order chi connectivity index (χ1) is 13.7. The Hall–Kier alpha value is -2.50. The lowest BCUT2D eigenvalue weighted by Gasteiger charge is -2.33. The number of rotatable bonds is 6. The van der Waals surface area contributed by atoms with Crippen LogP contribution >= 0.6 is 0 Å². The van der Waals surface area contributed by atoms with Crippen LogP contribution in [0, 0.1) is 12.8 Å². The standard InChI is InChI=1S/C22H30N4O2/c1-3-28-20-9-5-4-8-19(20)24-22(27)25-12-6-7-17(14-25)15-26-16(2)13-23-21(26)18-10-11-18/h4-5,8-9,13,17-18H,3,6-7,10-12,14-15H2,1-2H3,(H,24,27). The molecule has 0 bridgehead atoms. The number of urea groups is 1. The molecule has 2 amide bonds. The van der Waals surface area contributed by atoms with Crippen molar-refractivity contribution in [1.29, 1.82) is 0 Å². The van der Waals surface area contributed by atoms with Crippen LogP contribution in [0.5, 0.6) is 5.75 Å². The molecule has 1 atom stereocenters. The van der Waals surface area contributed by atoms with Crippen molar-refractivity contribution in [3.05, 3.63) is 42.0 Å². The molecule has 2 heterocycles. The fourth-order valence-corrected chi connectivity index (χ4v) is 4.09. The molecule has 0 spiro atoms. The normalized spacial score (nSPS) is 19.5. The maximum Gasteiger partial charge on any atom is 0.321 e. The Morgan fingerprint density at radius 2 is 2.11 bits per heavy atom. The summed E-state index contributed by atoms with van der Waals surface area (Å²) in [5, 5.41) is 3.04. The predicted octanol–water partition coefficient (Wildman–Crippen LogP) is 4.41. The third kappa shape index (κ3) is 4.16. The first-order valence-electron chi connectivity index (χ1n) is 10.5. The van der Waals surface area contributed by atoms with Gasteiger partial charge in [0.2, 0.25) is 0 Å². The zero-order chi connectivity index (χ0) is 19.5. The first-order valence-corrected chi connectivity index (χ1v) is 10.5. The van der Waals surface area contributed by atoms with Gasteiger partial charge < -0.3 is 19.5 Å².